The molecule has 1 aliphatic heterocycles. The number of hydrogen-bond acceptors (Lipinski definition) is 2. The van der Waals surface area contributed by atoms with Crippen molar-refractivity contribution in [3.8, 4) is 0 Å². The van der Waals surface area contributed by atoms with E-state index >= 15 is 0 Å². The highest BCUT2D eigenvalue weighted by Crippen LogP contribution is 2.39. The first kappa shape index (κ1) is 20.2. The summed E-state index contributed by atoms with van der Waals surface area (Å²) in [5, 5.41) is 3.48. The van der Waals surface area contributed by atoms with Gasteiger partial charge < -0.3 is 5.32 Å². The zero-order valence-electron chi connectivity index (χ0n) is 13.0. The van der Waals surface area contributed by atoms with Crippen molar-refractivity contribution in [1.82, 2.24) is 10.2 Å². The topological polar surface area (TPSA) is 15.3 Å². The average molecular weight is 410 g/mol. The first-order chi connectivity index (χ1) is 9.84. The van der Waals surface area contributed by atoms with Crippen molar-refractivity contribution >= 4 is 40.7 Å². The molecule has 1 aromatic carbocycles. The zero-order valence-corrected chi connectivity index (χ0v) is 16.2. The van der Waals surface area contributed by atoms with Gasteiger partial charge in [-0.15, -0.1) is 24.8 Å². The molecule has 0 bridgehead atoms. The van der Waals surface area contributed by atoms with E-state index in [9.17, 15) is 0 Å². The molecule has 1 atom stereocenters. The van der Waals surface area contributed by atoms with Gasteiger partial charge in [0.05, 0.1) is 0 Å². The number of benzene rings is 1. The molecule has 126 valence electrons. The molecule has 2 nitrogen and oxygen atoms in total. The number of nitrogens with one attached hydrogen (secondary N) is 1. The summed E-state index contributed by atoms with van der Waals surface area (Å²) in [6, 6.07) is 9.61. The predicted molar refractivity (Wildman–Crippen MR) is 102 cm³/mol. The minimum absolute atomic E-state index is 0. The van der Waals surface area contributed by atoms with Crippen LogP contribution in [0.5, 0.6) is 0 Å². The van der Waals surface area contributed by atoms with Gasteiger partial charge in [0.2, 0.25) is 0 Å². The van der Waals surface area contributed by atoms with Gasteiger partial charge in [-0.05, 0) is 36.5 Å². The summed E-state index contributed by atoms with van der Waals surface area (Å²) in [4.78, 5) is 2.72. The molecule has 5 heteroatoms. The van der Waals surface area contributed by atoms with Gasteiger partial charge in [0.1, 0.15) is 0 Å². The van der Waals surface area contributed by atoms with Crippen molar-refractivity contribution < 1.29 is 0 Å². The Bertz CT molecular complexity index is 414. The van der Waals surface area contributed by atoms with E-state index in [0.29, 0.717) is 6.04 Å². The third-order valence-corrected chi connectivity index (χ3v) is 5.32. The first-order valence-electron chi connectivity index (χ1n) is 8.05. The molecule has 1 aromatic rings. The maximum atomic E-state index is 3.65. The molecule has 2 fully saturated rings. The fourth-order valence-electron chi connectivity index (χ4n) is 3.88. The van der Waals surface area contributed by atoms with E-state index in [1.54, 1.807) is 0 Å². The van der Waals surface area contributed by atoms with Crippen LogP contribution in [0.2, 0.25) is 0 Å². The second-order valence-electron chi connectivity index (χ2n) is 6.18. The standard InChI is InChI=1S/C17H25BrN2.2ClH/c18-16-8-4-7-15(13-16)17(14-5-2-1-3-6-14)20-11-9-19-10-12-20;;/h4,7-8,13-14,17,19H,1-3,5-6,9-12H2;2*1H/t17-;;/m1../s1. The zero-order chi connectivity index (χ0) is 13.8. The van der Waals surface area contributed by atoms with Crippen molar-refractivity contribution in [2.45, 2.75) is 38.1 Å². The molecular weight excluding hydrogens is 383 g/mol. The molecule has 1 heterocycles. The molecule has 1 saturated heterocycles. The number of halogens is 3. The Kier molecular flexibility index (Phi) is 9.34. The van der Waals surface area contributed by atoms with E-state index in [1.807, 2.05) is 0 Å². The van der Waals surface area contributed by atoms with Crippen molar-refractivity contribution in [1.29, 1.82) is 0 Å². The van der Waals surface area contributed by atoms with Crippen LogP contribution in [-0.2, 0) is 0 Å². The Labute approximate surface area is 155 Å². The Morgan fingerprint density at radius 2 is 1.73 bits per heavy atom. The fourth-order valence-corrected chi connectivity index (χ4v) is 4.30. The van der Waals surface area contributed by atoms with Crippen LogP contribution >= 0.6 is 40.7 Å². The normalized spacial score (nSPS) is 21.5. The van der Waals surface area contributed by atoms with Gasteiger partial charge in [0.15, 0.2) is 0 Å². The average Bonchev–Trinajstić information content (AvgIpc) is 2.50. The molecular formula is C17H27BrCl2N2. The van der Waals surface area contributed by atoms with Gasteiger partial charge >= 0.3 is 0 Å². The van der Waals surface area contributed by atoms with Crippen molar-refractivity contribution in [3.63, 3.8) is 0 Å². The molecule has 22 heavy (non-hydrogen) atoms. The second kappa shape index (κ2) is 10.1. The molecule has 2 aliphatic rings. The molecule has 0 aromatic heterocycles. The first-order valence-corrected chi connectivity index (χ1v) is 8.84. The number of nitrogens with zero attached hydrogens (tertiary/aromatic N) is 1. The highest BCUT2D eigenvalue weighted by atomic mass is 79.9. The van der Waals surface area contributed by atoms with Crippen LogP contribution in [0.15, 0.2) is 28.7 Å². The lowest BCUT2D eigenvalue weighted by atomic mass is 9.80. The number of piperazine rings is 1. The van der Waals surface area contributed by atoms with Gasteiger partial charge in [0.25, 0.3) is 0 Å². The minimum atomic E-state index is 0. The molecule has 1 aliphatic carbocycles. The molecule has 1 N–H and O–H groups in total. The summed E-state index contributed by atoms with van der Waals surface area (Å²) < 4.78 is 1.21. The summed E-state index contributed by atoms with van der Waals surface area (Å²) in [6.07, 6.45) is 7.08. The Morgan fingerprint density at radius 3 is 2.36 bits per heavy atom. The third kappa shape index (κ3) is 5.10. The van der Waals surface area contributed by atoms with Crippen molar-refractivity contribution in [2.75, 3.05) is 26.2 Å². The summed E-state index contributed by atoms with van der Waals surface area (Å²) in [6.45, 7) is 4.65. The molecule has 0 unspecified atom stereocenters. The number of rotatable bonds is 3. The maximum absolute atomic E-state index is 3.65. The van der Waals surface area contributed by atoms with Crippen molar-refractivity contribution in [3.05, 3.63) is 34.3 Å². The van der Waals surface area contributed by atoms with Gasteiger partial charge in [-0.3, -0.25) is 4.90 Å². The summed E-state index contributed by atoms with van der Waals surface area (Å²) in [7, 11) is 0. The molecule has 0 radical (unpaired) electrons. The van der Waals surface area contributed by atoms with E-state index < -0.39 is 0 Å². The van der Waals surface area contributed by atoms with Gasteiger partial charge in [-0.1, -0.05) is 47.3 Å². The lowest BCUT2D eigenvalue weighted by molar-refractivity contribution is 0.103. The Balaban J connectivity index is 0.00000121. The van der Waals surface area contributed by atoms with Gasteiger partial charge in [-0.2, -0.15) is 0 Å². The fraction of sp³-hybridized carbons (Fsp3) is 0.647. The predicted octanol–water partition coefficient (Wildman–Crippen LogP) is 4.82. The summed E-state index contributed by atoms with van der Waals surface area (Å²) >= 11 is 3.65. The quantitative estimate of drug-likeness (QED) is 0.769. The van der Waals surface area contributed by atoms with Crippen LogP contribution in [0.25, 0.3) is 0 Å². The molecule has 3 rings (SSSR count). The minimum Gasteiger partial charge on any atom is -0.314 e. The molecule has 0 spiro atoms. The lowest BCUT2D eigenvalue weighted by Gasteiger charge is -2.41. The van der Waals surface area contributed by atoms with E-state index in [0.717, 1.165) is 19.0 Å². The van der Waals surface area contributed by atoms with E-state index in [1.165, 1.54) is 55.2 Å². The summed E-state index contributed by atoms with van der Waals surface area (Å²) in [5.41, 5.74) is 1.51. The van der Waals surface area contributed by atoms with E-state index in [4.69, 9.17) is 0 Å². The van der Waals surface area contributed by atoms with Gasteiger partial charge in [0, 0.05) is 36.7 Å². The highest BCUT2D eigenvalue weighted by Gasteiger charge is 2.30. The van der Waals surface area contributed by atoms with Crippen LogP contribution in [0, 0.1) is 5.92 Å². The van der Waals surface area contributed by atoms with Gasteiger partial charge in [-0.25, -0.2) is 0 Å². The number of hydrogen-bond donors (Lipinski definition) is 1. The highest BCUT2D eigenvalue weighted by molar-refractivity contribution is 9.10. The summed E-state index contributed by atoms with van der Waals surface area (Å²) in [5.74, 6) is 0.844. The Morgan fingerprint density at radius 1 is 1.05 bits per heavy atom. The third-order valence-electron chi connectivity index (χ3n) is 4.83. The Hall–Kier alpha value is 0.200. The maximum Gasteiger partial charge on any atom is 0.0377 e. The lowest BCUT2D eigenvalue weighted by Crippen LogP contribution is -2.47. The van der Waals surface area contributed by atoms with E-state index in [2.05, 4.69) is 50.4 Å². The van der Waals surface area contributed by atoms with Crippen molar-refractivity contribution in [2.24, 2.45) is 5.92 Å². The van der Waals surface area contributed by atoms with Crippen LogP contribution in [0.4, 0.5) is 0 Å². The van der Waals surface area contributed by atoms with Crippen LogP contribution in [-0.4, -0.2) is 31.1 Å². The van der Waals surface area contributed by atoms with Crippen LogP contribution in [0.3, 0.4) is 0 Å². The van der Waals surface area contributed by atoms with Crippen LogP contribution < -0.4 is 5.32 Å². The molecule has 1 saturated carbocycles. The van der Waals surface area contributed by atoms with E-state index in [-0.39, 0.29) is 24.8 Å². The monoisotopic (exact) mass is 408 g/mol. The van der Waals surface area contributed by atoms with Crippen LogP contribution in [0.1, 0.15) is 43.7 Å². The SMILES string of the molecule is Brc1cccc([C@@H](C2CCCCC2)N2CCNCC2)c1.Cl.Cl. The smallest absolute Gasteiger partial charge is 0.0377 e. The second-order valence-corrected chi connectivity index (χ2v) is 7.10. The largest absolute Gasteiger partial charge is 0.314 e. The molecule has 0 amide bonds.